The first kappa shape index (κ1) is 12.5. The monoisotopic (exact) mass is 246 g/mol. The highest BCUT2D eigenvalue weighted by atomic mass is 35.5. The van der Waals surface area contributed by atoms with Crippen LogP contribution in [0, 0.1) is 19.3 Å². The average Bonchev–Trinajstić information content (AvgIpc) is 2.46. The molecule has 1 heterocycles. The van der Waals surface area contributed by atoms with Crippen LogP contribution < -0.4 is 5.32 Å². The van der Waals surface area contributed by atoms with Crippen LogP contribution in [0.2, 0.25) is 0 Å². The van der Waals surface area contributed by atoms with Crippen LogP contribution in [0.15, 0.2) is 0 Å². The molecule has 15 heavy (non-hydrogen) atoms. The molecule has 1 aromatic heterocycles. The summed E-state index contributed by atoms with van der Waals surface area (Å²) in [4.78, 5) is 17.1. The Kier molecular flexibility index (Phi) is 3.73. The van der Waals surface area contributed by atoms with E-state index >= 15 is 0 Å². The molecule has 84 valence electrons. The van der Waals surface area contributed by atoms with Crippen molar-refractivity contribution >= 4 is 34.0 Å². The summed E-state index contributed by atoms with van der Waals surface area (Å²) in [6.07, 6.45) is 0. The van der Waals surface area contributed by atoms with Crippen molar-refractivity contribution in [3.05, 3.63) is 10.6 Å². The highest BCUT2D eigenvalue weighted by Gasteiger charge is 2.27. The molecule has 1 amide bonds. The minimum absolute atomic E-state index is 0.0914. The zero-order valence-corrected chi connectivity index (χ0v) is 10.9. The fourth-order valence-corrected chi connectivity index (χ4v) is 1.78. The first-order chi connectivity index (χ1) is 6.86. The molecule has 0 saturated carbocycles. The van der Waals surface area contributed by atoms with E-state index in [4.69, 9.17) is 11.6 Å². The summed E-state index contributed by atoms with van der Waals surface area (Å²) >= 11 is 7.20. The van der Waals surface area contributed by atoms with Crippen molar-refractivity contribution in [1.82, 2.24) is 4.98 Å². The molecule has 0 spiro atoms. The zero-order chi connectivity index (χ0) is 11.6. The summed E-state index contributed by atoms with van der Waals surface area (Å²) in [6.45, 7) is 7.52. The predicted molar refractivity (Wildman–Crippen MR) is 64.7 cm³/mol. The summed E-state index contributed by atoms with van der Waals surface area (Å²) in [5, 5.41) is 3.43. The van der Waals surface area contributed by atoms with Gasteiger partial charge >= 0.3 is 0 Å². The maximum absolute atomic E-state index is 11.8. The number of nitrogens with one attached hydrogen (secondary N) is 1. The van der Waals surface area contributed by atoms with E-state index in [-0.39, 0.29) is 5.91 Å². The number of carbonyl (C=O) groups is 1. The number of hydrogen-bond acceptors (Lipinski definition) is 3. The lowest BCUT2D eigenvalue weighted by Crippen LogP contribution is -2.32. The van der Waals surface area contributed by atoms with Crippen LogP contribution in [0.25, 0.3) is 0 Å². The SMILES string of the molecule is Cc1nc(NC(=O)C(C)(C)CCl)sc1C. The Morgan fingerprint density at radius 2 is 2.13 bits per heavy atom. The Morgan fingerprint density at radius 1 is 1.53 bits per heavy atom. The molecule has 0 atom stereocenters. The van der Waals surface area contributed by atoms with E-state index in [1.54, 1.807) is 0 Å². The van der Waals surface area contributed by atoms with Crippen molar-refractivity contribution < 1.29 is 4.79 Å². The fraction of sp³-hybridized carbons (Fsp3) is 0.600. The molecule has 0 aliphatic heterocycles. The van der Waals surface area contributed by atoms with Crippen molar-refractivity contribution in [2.75, 3.05) is 11.2 Å². The summed E-state index contributed by atoms with van der Waals surface area (Å²) in [5.41, 5.74) is 0.397. The average molecular weight is 247 g/mol. The number of carbonyl (C=O) groups excluding carboxylic acids is 1. The standard InChI is InChI=1S/C10H15ClN2OS/c1-6-7(2)15-9(12-6)13-8(14)10(3,4)5-11/h5H2,1-4H3,(H,12,13,14). The highest BCUT2D eigenvalue weighted by molar-refractivity contribution is 7.15. The van der Waals surface area contributed by atoms with Crippen molar-refractivity contribution in [2.24, 2.45) is 5.41 Å². The van der Waals surface area contributed by atoms with Gasteiger partial charge in [-0.2, -0.15) is 0 Å². The Bertz CT molecular complexity index is 354. The van der Waals surface area contributed by atoms with Gasteiger partial charge in [-0.3, -0.25) is 4.79 Å². The molecule has 0 fully saturated rings. The Labute approximate surface area is 98.9 Å². The molecule has 3 nitrogen and oxygen atoms in total. The molecule has 0 saturated heterocycles. The van der Waals surface area contributed by atoms with E-state index in [1.807, 2.05) is 27.7 Å². The van der Waals surface area contributed by atoms with E-state index in [0.29, 0.717) is 11.0 Å². The molecule has 0 bridgehead atoms. The Morgan fingerprint density at radius 3 is 2.53 bits per heavy atom. The number of thiazole rings is 1. The normalized spacial score (nSPS) is 11.5. The number of alkyl halides is 1. The van der Waals surface area contributed by atoms with Gasteiger partial charge in [0.25, 0.3) is 0 Å². The molecule has 0 unspecified atom stereocenters. The van der Waals surface area contributed by atoms with Crippen molar-refractivity contribution in [3.63, 3.8) is 0 Å². The molecule has 1 N–H and O–H groups in total. The lowest BCUT2D eigenvalue weighted by Gasteiger charge is -2.18. The molecular weight excluding hydrogens is 232 g/mol. The second kappa shape index (κ2) is 4.49. The third-order valence-corrected chi connectivity index (χ3v) is 3.85. The predicted octanol–water partition coefficient (Wildman–Crippen LogP) is 2.96. The lowest BCUT2D eigenvalue weighted by molar-refractivity contribution is -0.122. The second-order valence-corrected chi connectivity index (χ2v) is 5.60. The van der Waals surface area contributed by atoms with Crippen LogP contribution in [0.1, 0.15) is 24.4 Å². The summed E-state index contributed by atoms with van der Waals surface area (Å²) < 4.78 is 0. The first-order valence-electron chi connectivity index (χ1n) is 4.68. The number of anilines is 1. The van der Waals surface area contributed by atoms with E-state index in [9.17, 15) is 4.79 Å². The van der Waals surface area contributed by atoms with E-state index < -0.39 is 5.41 Å². The minimum atomic E-state index is -0.560. The van der Waals surface area contributed by atoms with Crippen molar-refractivity contribution in [2.45, 2.75) is 27.7 Å². The topological polar surface area (TPSA) is 42.0 Å². The molecule has 0 aliphatic rings. The van der Waals surface area contributed by atoms with Crippen LogP contribution in [0.4, 0.5) is 5.13 Å². The lowest BCUT2D eigenvalue weighted by atomic mass is 9.95. The number of nitrogens with zero attached hydrogens (tertiary/aromatic N) is 1. The summed E-state index contributed by atoms with van der Waals surface area (Å²) in [6, 6.07) is 0. The van der Waals surface area contributed by atoms with Crippen LogP contribution in [-0.4, -0.2) is 16.8 Å². The first-order valence-corrected chi connectivity index (χ1v) is 6.03. The van der Waals surface area contributed by atoms with Gasteiger partial charge in [-0.15, -0.1) is 22.9 Å². The molecular formula is C10H15ClN2OS. The van der Waals surface area contributed by atoms with Gasteiger partial charge in [0.15, 0.2) is 5.13 Å². The van der Waals surface area contributed by atoms with Crippen molar-refractivity contribution in [3.8, 4) is 0 Å². The Balaban J connectivity index is 2.75. The zero-order valence-electron chi connectivity index (χ0n) is 9.35. The molecule has 5 heteroatoms. The van der Waals surface area contributed by atoms with Gasteiger partial charge in [0.1, 0.15) is 0 Å². The number of halogens is 1. The maximum Gasteiger partial charge on any atom is 0.233 e. The third-order valence-electron chi connectivity index (χ3n) is 2.20. The third kappa shape index (κ3) is 2.92. The van der Waals surface area contributed by atoms with E-state index in [1.165, 1.54) is 11.3 Å². The largest absolute Gasteiger partial charge is 0.301 e. The van der Waals surface area contributed by atoms with Gasteiger partial charge in [-0.05, 0) is 27.7 Å². The summed E-state index contributed by atoms with van der Waals surface area (Å²) in [5.74, 6) is 0.202. The minimum Gasteiger partial charge on any atom is -0.301 e. The smallest absolute Gasteiger partial charge is 0.233 e. The number of hydrogen-bond donors (Lipinski definition) is 1. The van der Waals surface area contributed by atoms with Crippen LogP contribution in [0.5, 0.6) is 0 Å². The van der Waals surface area contributed by atoms with E-state index in [2.05, 4.69) is 10.3 Å². The van der Waals surface area contributed by atoms with Gasteiger partial charge in [-0.25, -0.2) is 4.98 Å². The highest BCUT2D eigenvalue weighted by Crippen LogP contribution is 2.24. The van der Waals surface area contributed by atoms with Gasteiger partial charge < -0.3 is 5.32 Å². The quantitative estimate of drug-likeness (QED) is 0.834. The van der Waals surface area contributed by atoms with E-state index in [0.717, 1.165) is 10.6 Å². The van der Waals surface area contributed by atoms with Crippen LogP contribution in [-0.2, 0) is 4.79 Å². The Hall–Kier alpha value is -0.610. The van der Waals surface area contributed by atoms with Crippen molar-refractivity contribution in [1.29, 1.82) is 0 Å². The number of rotatable bonds is 3. The molecule has 0 aromatic carbocycles. The number of aryl methyl sites for hydroxylation is 2. The van der Waals surface area contributed by atoms with Crippen LogP contribution in [0.3, 0.4) is 0 Å². The summed E-state index contributed by atoms with van der Waals surface area (Å²) in [7, 11) is 0. The van der Waals surface area contributed by atoms with Gasteiger partial charge in [0.05, 0.1) is 11.1 Å². The molecule has 1 aromatic rings. The number of amides is 1. The molecule has 1 rings (SSSR count). The number of aromatic nitrogens is 1. The second-order valence-electron chi connectivity index (χ2n) is 4.13. The van der Waals surface area contributed by atoms with Crippen LogP contribution >= 0.6 is 22.9 Å². The fourth-order valence-electron chi connectivity index (χ4n) is 0.853. The van der Waals surface area contributed by atoms with Gasteiger partial charge in [-0.1, -0.05) is 0 Å². The van der Waals surface area contributed by atoms with Gasteiger partial charge in [0, 0.05) is 10.8 Å². The molecule has 0 radical (unpaired) electrons. The van der Waals surface area contributed by atoms with Gasteiger partial charge in [0.2, 0.25) is 5.91 Å². The maximum atomic E-state index is 11.8. The molecule has 0 aliphatic carbocycles.